The van der Waals surface area contributed by atoms with Gasteiger partial charge in [0.1, 0.15) is 24.1 Å². The summed E-state index contributed by atoms with van der Waals surface area (Å²) in [4.78, 5) is 26.1. The van der Waals surface area contributed by atoms with Gasteiger partial charge in [-0.05, 0) is 32.4 Å². The molecule has 0 aliphatic heterocycles. The van der Waals surface area contributed by atoms with Crippen molar-refractivity contribution >= 4 is 11.7 Å². The van der Waals surface area contributed by atoms with Gasteiger partial charge in [0.15, 0.2) is 5.82 Å². The Bertz CT molecular complexity index is 932. The van der Waals surface area contributed by atoms with Crippen molar-refractivity contribution in [2.75, 3.05) is 18.9 Å². The van der Waals surface area contributed by atoms with Crippen molar-refractivity contribution in [1.29, 1.82) is 5.26 Å². The van der Waals surface area contributed by atoms with E-state index in [1.54, 1.807) is 31.2 Å². The van der Waals surface area contributed by atoms with Crippen LogP contribution in [0.4, 0.5) is 5.82 Å². The molecule has 10 heteroatoms. The largest absolute Gasteiger partial charge is 0.471 e. The third-order valence-electron chi connectivity index (χ3n) is 3.91. The Morgan fingerprint density at radius 2 is 2.13 bits per heavy atom. The van der Waals surface area contributed by atoms with E-state index in [4.69, 9.17) is 20.6 Å². The van der Waals surface area contributed by atoms with Crippen molar-refractivity contribution in [3.63, 3.8) is 0 Å². The molecule has 10 nitrogen and oxygen atoms in total. The number of carbonyl (C=O) groups excluding carboxylic acids is 1. The van der Waals surface area contributed by atoms with Gasteiger partial charge in [-0.1, -0.05) is 19.1 Å². The van der Waals surface area contributed by atoms with Crippen LogP contribution in [0.3, 0.4) is 0 Å². The average molecular weight is 415 g/mol. The van der Waals surface area contributed by atoms with Gasteiger partial charge in [0.2, 0.25) is 5.88 Å². The van der Waals surface area contributed by atoms with E-state index in [1.807, 2.05) is 6.07 Å². The van der Waals surface area contributed by atoms with Crippen molar-refractivity contribution in [3.05, 3.63) is 35.4 Å². The Kier molecular flexibility index (Phi) is 7.66. The molecule has 0 radical (unpaired) electrons. The number of nitriles is 1. The molecule has 0 saturated heterocycles. The summed E-state index contributed by atoms with van der Waals surface area (Å²) in [5, 5.41) is 28.3. The number of amides is 1. The predicted molar refractivity (Wildman–Crippen MR) is 108 cm³/mol. The van der Waals surface area contributed by atoms with E-state index in [9.17, 15) is 15.0 Å². The van der Waals surface area contributed by atoms with Crippen LogP contribution in [0.1, 0.15) is 43.1 Å². The number of aromatic nitrogens is 2. The topological polar surface area (TPSA) is 164 Å². The molecule has 2 rings (SSSR count). The first-order chi connectivity index (χ1) is 14.2. The number of nitrogen functional groups attached to an aromatic ring is 1. The Morgan fingerprint density at radius 3 is 2.73 bits per heavy atom. The molecule has 0 aliphatic carbocycles. The number of aliphatic hydroxyl groups excluding tert-OH is 1. The summed E-state index contributed by atoms with van der Waals surface area (Å²) in [5.74, 6) is -0.919. The first kappa shape index (κ1) is 23.0. The fourth-order valence-electron chi connectivity index (χ4n) is 2.35. The van der Waals surface area contributed by atoms with Crippen LogP contribution in [0.15, 0.2) is 24.3 Å². The van der Waals surface area contributed by atoms with Crippen LogP contribution >= 0.6 is 0 Å². The van der Waals surface area contributed by atoms with Crippen LogP contribution in [-0.2, 0) is 4.84 Å². The number of hydrogen-bond donors (Lipinski definition) is 4. The van der Waals surface area contributed by atoms with Crippen molar-refractivity contribution in [2.24, 2.45) is 0 Å². The molecule has 0 aliphatic rings. The van der Waals surface area contributed by atoms with E-state index in [-0.39, 0.29) is 36.3 Å². The smallest absolute Gasteiger partial charge is 0.284 e. The fraction of sp³-hybridized carbons (Fsp3) is 0.400. The van der Waals surface area contributed by atoms with E-state index in [0.717, 1.165) is 0 Å². The van der Waals surface area contributed by atoms with Gasteiger partial charge in [-0.3, -0.25) is 9.63 Å². The van der Waals surface area contributed by atoms with Crippen molar-refractivity contribution in [1.82, 2.24) is 15.4 Å². The van der Waals surface area contributed by atoms with Gasteiger partial charge in [0.05, 0.1) is 23.8 Å². The Hall–Kier alpha value is -3.26. The molecule has 1 aromatic heterocycles. The highest BCUT2D eigenvalue weighted by Crippen LogP contribution is 2.27. The highest BCUT2D eigenvalue weighted by Gasteiger charge is 2.24. The number of rotatable bonds is 9. The molecule has 1 heterocycles. The second-order valence-electron chi connectivity index (χ2n) is 7.17. The minimum atomic E-state index is -1.16. The lowest BCUT2D eigenvalue weighted by Gasteiger charge is -2.19. The zero-order valence-corrected chi connectivity index (χ0v) is 17.0. The molecular weight excluding hydrogens is 390 g/mol. The number of nitrogens with zero attached hydrogens (tertiary/aromatic N) is 3. The molecule has 0 fully saturated rings. The maximum absolute atomic E-state index is 12.6. The summed E-state index contributed by atoms with van der Waals surface area (Å²) >= 11 is 0. The number of benzene rings is 1. The number of ether oxygens (including phenoxy) is 1. The first-order valence-electron chi connectivity index (χ1n) is 9.28. The van der Waals surface area contributed by atoms with E-state index >= 15 is 0 Å². The number of carbonyl (C=O) groups is 1. The minimum absolute atomic E-state index is 0.134. The maximum atomic E-state index is 12.6. The van der Waals surface area contributed by atoms with Crippen LogP contribution in [0, 0.1) is 11.3 Å². The number of nitrogens with one attached hydrogen (secondary N) is 1. The van der Waals surface area contributed by atoms with Crippen LogP contribution in [0.2, 0.25) is 0 Å². The van der Waals surface area contributed by atoms with E-state index in [2.05, 4.69) is 15.4 Å². The highest BCUT2D eigenvalue weighted by molar-refractivity contribution is 6.00. The molecule has 1 amide bonds. The molecule has 160 valence electrons. The molecule has 1 aromatic carbocycles. The van der Waals surface area contributed by atoms with Gasteiger partial charge in [0.25, 0.3) is 5.91 Å². The maximum Gasteiger partial charge on any atom is 0.284 e. The van der Waals surface area contributed by atoms with Crippen molar-refractivity contribution in [2.45, 2.75) is 38.9 Å². The Balaban J connectivity index is 2.44. The van der Waals surface area contributed by atoms with Crippen LogP contribution in [0.25, 0.3) is 11.4 Å². The molecule has 0 saturated carbocycles. The Morgan fingerprint density at radius 1 is 1.40 bits per heavy atom. The molecule has 0 bridgehead atoms. The summed E-state index contributed by atoms with van der Waals surface area (Å²) in [6.45, 7) is 4.37. The lowest BCUT2D eigenvalue weighted by molar-refractivity contribution is -0.0523. The number of hydroxylamine groups is 1. The van der Waals surface area contributed by atoms with Crippen LogP contribution in [0.5, 0.6) is 5.88 Å². The standard InChI is InChI=1S/C20H25N5O5/c1-4-14(10-26)30-19-15(18(27)25-29-11-20(2,3)28)16(22)23-17(24-19)13-7-5-6-12(8-13)9-21/h5-8,14,26,28H,4,10-11H2,1-3H3,(H,25,27)(H2,22,23,24)/t14-/m0/s1. The number of hydrogen-bond acceptors (Lipinski definition) is 9. The lowest BCUT2D eigenvalue weighted by Crippen LogP contribution is -2.34. The fourth-order valence-corrected chi connectivity index (χ4v) is 2.35. The zero-order chi connectivity index (χ0) is 22.3. The quantitative estimate of drug-likeness (QED) is 0.440. The van der Waals surface area contributed by atoms with Crippen molar-refractivity contribution < 1.29 is 24.6 Å². The number of nitrogens with two attached hydrogens (primary N) is 1. The second kappa shape index (κ2) is 9.98. The summed E-state index contributed by atoms with van der Waals surface area (Å²) in [7, 11) is 0. The van der Waals surface area contributed by atoms with Gasteiger partial charge >= 0.3 is 0 Å². The lowest BCUT2D eigenvalue weighted by atomic mass is 10.1. The highest BCUT2D eigenvalue weighted by atomic mass is 16.7. The number of aliphatic hydroxyl groups is 2. The molecule has 1 atom stereocenters. The van der Waals surface area contributed by atoms with Crippen molar-refractivity contribution in [3.8, 4) is 23.3 Å². The van der Waals surface area contributed by atoms with E-state index in [1.165, 1.54) is 13.8 Å². The Labute approximate surface area is 174 Å². The molecule has 5 N–H and O–H groups in total. The molecule has 2 aromatic rings. The second-order valence-corrected chi connectivity index (χ2v) is 7.17. The summed E-state index contributed by atoms with van der Waals surface area (Å²) < 4.78 is 5.70. The van der Waals surface area contributed by atoms with Gasteiger partial charge in [-0.2, -0.15) is 10.2 Å². The molecule has 0 unspecified atom stereocenters. The monoisotopic (exact) mass is 415 g/mol. The first-order valence-corrected chi connectivity index (χ1v) is 9.28. The van der Waals surface area contributed by atoms with E-state index < -0.39 is 17.6 Å². The SMILES string of the molecule is CC[C@@H](CO)Oc1nc(-c2cccc(C#N)c2)nc(N)c1C(=O)NOCC(C)(C)O. The molecule has 30 heavy (non-hydrogen) atoms. The van der Waals surface area contributed by atoms with Gasteiger partial charge in [-0.25, -0.2) is 10.5 Å². The van der Waals surface area contributed by atoms with Gasteiger partial charge in [0, 0.05) is 5.56 Å². The third kappa shape index (κ3) is 6.12. The van der Waals surface area contributed by atoms with Crippen LogP contribution in [-0.4, -0.2) is 51.0 Å². The predicted octanol–water partition coefficient (Wildman–Crippen LogP) is 1.18. The molecule has 0 spiro atoms. The third-order valence-corrected chi connectivity index (χ3v) is 3.91. The summed E-state index contributed by atoms with van der Waals surface area (Å²) in [6.07, 6.45) is -0.169. The van der Waals surface area contributed by atoms with Gasteiger partial charge < -0.3 is 20.7 Å². The van der Waals surface area contributed by atoms with E-state index in [0.29, 0.717) is 17.5 Å². The normalized spacial score (nSPS) is 12.1. The molecular formula is C20H25N5O5. The van der Waals surface area contributed by atoms with Gasteiger partial charge in [-0.15, -0.1) is 0 Å². The summed E-state index contributed by atoms with van der Waals surface area (Å²) in [6, 6.07) is 8.59. The summed E-state index contributed by atoms with van der Waals surface area (Å²) in [5.41, 5.74) is 7.79. The zero-order valence-electron chi connectivity index (χ0n) is 17.0. The minimum Gasteiger partial charge on any atom is -0.471 e. The average Bonchev–Trinajstić information content (AvgIpc) is 2.70. The number of anilines is 1. The van der Waals surface area contributed by atoms with Crippen LogP contribution < -0.4 is 16.0 Å².